The van der Waals surface area contributed by atoms with Crippen LogP contribution in [0.1, 0.15) is 31.7 Å². The molecule has 1 unspecified atom stereocenters. The van der Waals surface area contributed by atoms with E-state index in [0.29, 0.717) is 31.6 Å². The molecule has 0 spiro atoms. The summed E-state index contributed by atoms with van der Waals surface area (Å²) in [5.74, 6) is -0.884. The van der Waals surface area contributed by atoms with Gasteiger partial charge in [-0.05, 0) is 30.9 Å². The Hall–Kier alpha value is -2.77. The summed E-state index contributed by atoms with van der Waals surface area (Å²) in [4.78, 5) is 39.2. The summed E-state index contributed by atoms with van der Waals surface area (Å²) in [6.45, 7) is 3.38. The van der Waals surface area contributed by atoms with E-state index < -0.39 is 11.9 Å². The van der Waals surface area contributed by atoms with Crippen molar-refractivity contribution in [3.63, 3.8) is 0 Å². The quantitative estimate of drug-likeness (QED) is 0.804. The first-order valence-electron chi connectivity index (χ1n) is 9.68. The Morgan fingerprint density at radius 3 is 2.57 bits per heavy atom. The molecule has 2 saturated heterocycles. The molecule has 2 heterocycles. The maximum atomic E-state index is 12.6. The summed E-state index contributed by atoms with van der Waals surface area (Å²) < 4.78 is 5.37. The zero-order valence-corrected chi connectivity index (χ0v) is 16.3. The third kappa shape index (κ3) is 4.21. The van der Waals surface area contributed by atoms with Gasteiger partial charge in [0.15, 0.2) is 0 Å². The highest BCUT2D eigenvalue weighted by Crippen LogP contribution is 2.27. The van der Waals surface area contributed by atoms with Crippen LogP contribution in [0.25, 0.3) is 0 Å². The van der Waals surface area contributed by atoms with E-state index in [9.17, 15) is 14.4 Å². The van der Waals surface area contributed by atoms with Gasteiger partial charge in [-0.3, -0.25) is 9.59 Å². The van der Waals surface area contributed by atoms with E-state index in [-0.39, 0.29) is 30.9 Å². The molecule has 8 heteroatoms. The summed E-state index contributed by atoms with van der Waals surface area (Å²) in [6, 6.07) is 5.45. The first-order valence-corrected chi connectivity index (χ1v) is 9.68. The van der Waals surface area contributed by atoms with Crippen molar-refractivity contribution in [2.24, 2.45) is 5.92 Å². The molecular formula is C20H27N3O5. The van der Waals surface area contributed by atoms with Crippen LogP contribution in [-0.4, -0.2) is 65.6 Å². The van der Waals surface area contributed by atoms with Crippen LogP contribution < -0.4 is 10.1 Å². The van der Waals surface area contributed by atoms with E-state index in [1.54, 1.807) is 16.9 Å². The Morgan fingerprint density at radius 2 is 2.00 bits per heavy atom. The average Bonchev–Trinajstić information content (AvgIpc) is 3.10. The van der Waals surface area contributed by atoms with Gasteiger partial charge >= 0.3 is 12.0 Å². The second-order valence-electron chi connectivity index (χ2n) is 7.31. The van der Waals surface area contributed by atoms with Crippen LogP contribution in [0.4, 0.5) is 10.5 Å². The molecule has 0 bridgehead atoms. The van der Waals surface area contributed by atoms with E-state index in [1.165, 1.54) is 0 Å². The first-order chi connectivity index (χ1) is 13.4. The number of carboxylic acids is 1. The molecule has 28 heavy (non-hydrogen) atoms. The first kappa shape index (κ1) is 20.0. The number of urea groups is 1. The molecule has 2 N–H and O–H groups in total. The van der Waals surface area contributed by atoms with E-state index in [2.05, 4.69) is 5.32 Å². The molecule has 0 aromatic heterocycles. The summed E-state index contributed by atoms with van der Waals surface area (Å²) in [6.07, 6.45) is 2.24. The van der Waals surface area contributed by atoms with Crippen molar-refractivity contribution in [2.75, 3.05) is 32.1 Å². The number of carbonyl (C=O) groups is 3. The number of carboxylic acid groups (broad SMARTS) is 1. The largest absolute Gasteiger partial charge is 0.496 e. The second-order valence-corrected chi connectivity index (χ2v) is 7.31. The fourth-order valence-electron chi connectivity index (χ4n) is 3.95. The molecule has 152 valence electrons. The lowest BCUT2D eigenvalue weighted by Gasteiger charge is -2.36. The number of aliphatic carboxylic acids is 1. The van der Waals surface area contributed by atoms with Gasteiger partial charge in [-0.2, -0.15) is 0 Å². The molecule has 0 aliphatic carbocycles. The lowest BCUT2D eigenvalue weighted by Crippen LogP contribution is -2.48. The summed E-state index contributed by atoms with van der Waals surface area (Å²) in [7, 11) is 1.61. The van der Waals surface area contributed by atoms with Crippen molar-refractivity contribution < 1.29 is 24.2 Å². The molecule has 3 amide bonds. The number of piperidine rings is 1. The minimum atomic E-state index is -0.919. The lowest BCUT2D eigenvalue weighted by atomic mass is 10.0. The van der Waals surface area contributed by atoms with Crippen LogP contribution in [0.5, 0.6) is 5.75 Å². The number of hydrogen-bond acceptors (Lipinski definition) is 4. The molecular weight excluding hydrogens is 362 g/mol. The molecule has 2 fully saturated rings. The molecule has 8 nitrogen and oxygen atoms in total. The second kappa shape index (κ2) is 8.50. The number of hydrogen-bond donors (Lipinski definition) is 2. The van der Waals surface area contributed by atoms with Gasteiger partial charge in [-0.25, -0.2) is 4.79 Å². The minimum Gasteiger partial charge on any atom is -0.496 e. The molecule has 1 aromatic rings. The SMILES string of the molecule is CCc1ccc(NC(=O)N2CCC(N3CC(C(=O)O)CC3=O)CC2)cc1OC. The summed E-state index contributed by atoms with van der Waals surface area (Å²) >= 11 is 0. The van der Waals surface area contributed by atoms with E-state index in [0.717, 1.165) is 17.7 Å². The highest BCUT2D eigenvalue weighted by atomic mass is 16.5. The van der Waals surface area contributed by atoms with Crippen molar-refractivity contribution in [1.82, 2.24) is 9.80 Å². The Balaban J connectivity index is 1.54. The number of anilines is 1. The molecule has 3 rings (SSSR count). The monoisotopic (exact) mass is 389 g/mol. The van der Waals surface area contributed by atoms with E-state index in [1.807, 2.05) is 25.1 Å². The summed E-state index contributed by atoms with van der Waals surface area (Å²) in [5, 5.41) is 12.0. The van der Waals surface area contributed by atoms with E-state index in [4.69, 9.17) is 9.84 Å². The van der Waals surface area contributed by atoms with Crippen molar-refractivity contribution in [3.8, 4) is 5.75 Å². The number of benzene rings is 1. The Kier molecular flexibility index (Phi) is 6.06. The number of rotatable bonds is 5. The van der Waals surface area contributed by atoms with Gasteiger partial charge in [0.1, 0.15) is 5.75 Å². The number of aryl methyl sites for hydroxylation is 1. The number of amides is 3. The number of nitrogens with zero attached hydrogens (tertiary/aromatic N) is 2. The fourth-order valence-corrected chi connectivity index (χ4v) is 3.95. The zero-order chi connectivity index (χ0) is 20.3. The van der Waals surface area contributed by atoms with Crippen molar-refractivity contribution in [2.45, 2.75) is 38.6 Å². The summed E-state index contributed by atoms with van der Waals surface area (Å²) in [5.41, 5.74) is 1.76. The van der Waals surface area contributed by atoms with Crippen LogP contribution >= 0.6 is 0 Å². The van der Waals surface area contributed by atoms with Crippen LogP contribution in [0.15, 0.2) is 18.2 Å². The molecule has 0 radical (unpaired) electrons. The van der Waals surface area contributed by atoms with Gasteiger partial charge in [-0.1, -0.05) is 13.0 Å². The van der Waals surface area contributed by atoms with Gasteiger partial charge in [0, 0.05) is 43.9 Å². The standard InChI is InChI=1S/C20H27N3O5/c1-3-13-4-5-15(11-17(13)28-2)21-20(27)22-8-6-16(7-9-22)23-12-14(19(25)26)10-18(23)24/h4-5,11,14,16H,3,6-10,12H2,1-2H3,(H,21,27)(H,25,26). The van der Waals surface area contributed by atoms with Crippen LogP contribution in [-0.2, 0) is 16.0 Å². The maximum absolute atomic E-state index is 12.6. The minimum absolute atomic E-state index is 0.00447. The normalized spacial score (nSPS) is 20.4. The highest BCUT2D eigenvalue weighted by molar-refractivity contribution is 5.90. The topological polar surface area (TPSA) is 99.2 Å². The molecule has 1 aromatic carbocycles. The van der Waals surface area contributed by atoms with Gasteiger partial charge in [0.05, 0.1) is 13.0 Å². The Morgan fingerprint density at radius 1 is 1.29 bits per heavy atom. The number of methoxy groups -OCH3 is 1. The molecule has 0 saturated carbocycles. The van der Waals surface area contributed by atoms with Gasteiger partial charge in [0.25, 0.3) is 0 Å². The smallest absolute Gasteiger partial charge is 0.321 e. The van der Waals surface area contributed by atoms with Crippen LogP contribution in [0.3, 0.4) is 0 Å². The van der Waals surface area contributed by atoms with E-state index >= 15 is 0 Å². The number of ether oxygens (including phenoxy) is 1. The van der Waals surface area contributed by atoms with Crippen molar-refractivity contribution >= 4 is 23.6 Å². The third-order valence-corrected chi connectivity index (χ3v) is 5.62. The predicted molar refractivity (Wildman–Crippen MR) is 103 cm³/mol. The number of likely N-dealkylation sites (tertiary alicyclic amines) is 2. The predicted octanol–water partition coefficient (Wildman–Crippen LogP) is 2.19. The van der Waals surface area contributed by atoms with Gasteiger partial charge < -0.3 is 25.0 Å². The van der Waals surface area contributed by atoms with Gasteiger partial charge in [0.2, 0.25) is 5.91 Å². The maximum Gasteiger partial charge on any atom is 0.321 e. The van der Waals surface area contributed by atoms with Crippen molar-refractivity contribution in [1.29, 1.82) is 0 Å². The number of nitrogens with one attached hydrogen (secondary N) is 1. The Bertz CT molecular complexity index is 758. The lowest BCUT2D eigenvalue weighted by molar-refractivity contribution is -0.141. The molecule has 2 aliphatic heterocycles. The Labute approximate surface area is 164 Å². The van der Waals surface area contributed by atoms with Crippen LogP contribution in [0.2, 0.25) is 0 Å². The molecule has 1 atom stereocenters. The fraction of sp³-hybridized carbons (Fsp3) is 0.550. The third-order valence-electron chi connectivity index (χ3n) is 5.62. The molecule has 2 aliphatic rings. The average molecular weight is 389 g/mol. The van der Waals surface area contributed by atoms with Crippen LogP contribution in [0, 0.1) is 5.92 Å². The zero-order valence-electron chi connectivity index (χ0n) is 16.3. The number of carbonyl (C=O) groups excluding carboxylic acids is 2. The highest BCUT2D eigenvalue weighted by Gasteiger charge is 2.39. The van der Waals surface area contributed by atoms with Crippen molar-refractivity contribution in [3.05, 3.63) is 23.8 Å². The van der Waals surface area contributed by atoms with Gasteiger partial charge in [-0.15, -0.1) is 0 Å².